The Bertz CT molecular complexity index is 496. The van der Waals surface area contributed by atoms with Crippen LogP contribution in [0.2, 0.25) is 5.02 Å². The molecule has 0 aliphatic carbocycles. The number of carboxylic acid groups (broad SMARTS) is 1. The number of carbonyl (C=O) groups excluding carboxylic acids is 1. The maximum absolute atomic E-state index is 11.7. The molecule has 2 amide bonds. The molecule has 0 spiro atoms. The Labute approximate surface area is 135 Å². The van der Waals surface area contributed by atoms with E-state index in [1.807, 2.05) is 12.1 Å². The maximum Gasteiger partial charge on any atom is 0.317 e. The van der Waals surface area contributed by atoms with Gasteiger partial charge in [0.25, 0.3) is 0 Å². The number of nitrogens with zero attached hydrogens (tertiary/aromatic N) is 1. The van der Waals surface area contributed by atoms with Crippen LogP contribution in [0.1, 0.15) is 19.3 Å². The molecular formula is C15H21ClN2O4. The largest absolute Gasteiger partial charge is 0.493 e. The molecule has 7 heteroatoms. The smallest absolute Gasteiger partial charge is 0.317 e. The first kappa shape index (κ1) is 18.1. The van der Waals surface area contributed by atoms with E-state index < -0.39 is 5.97 Å². The van der Waals surface area contributed by atoms with Gasteiger partial charge in [-0.3, -0.25) is 4.79 Å². The van der Waals surface area contributed by atoms with Crippen molar-refractivity contribution in [2.24, 2.45) is 0 Å². The van der Waals surface area contributed by atoms with E-state index in [1.54, 1.807) is 24.1 Å². The number of halogens is 1. The second kappa shape index (κ2) is 9.89. The van der Waals surface area contributed by atoms with Gasteiger partial charge in [-0.2, -0.15) is 0 Å². The molecule has 0 bridgehead atoms. The minimum atomic E-state index is -0.860. The highest BCUT2D eigenvalue weighted by Crippen LogP contribution is 2.17. The van der Waals surface area contributed by atoms with Crippen molar-refractivity contribution in [2.45, 2.75) is 19.3 Å². The van der Waals surface area contributed by atoms with Crippen LogP contribution >= 0.6 is 11.6 Å². The number of carboxylic acids is 1. The number of carbonyl (C=O) groups is 2. The van der Waals surface area contributed by atoms with Gasteiger partial charge in [-0.15, -0.1) is 0 Å². The molecule has 2 N–H and O–H groups in total. The molecule has 1 aromatic rings. The van der Waals surface area contributed by atoms with Crippen molar-refractivity contribution in [3.8, 4) is 5.75 Å². The summed E-state index contributed by atoms with van der Waals surface area (Å²) in [7, 11) is 1.69. The van der Waals surface area contributed by atoms with Gasteiger partial charge >= 0.3 is 12.0 Å². The molecule has 1 aromatic carbocycles. The van der Waals surface area contributed by atoms with Gasteiger partial charge < -0.3 is 20.1 Å². The van der Waals surface area contributed by atoms with E-state index in [1.165, 1.54) is 0 Å². The third-order valence-corrected chi connectivity index (χ3v) is 3.13. The highest BCUT2D eigenvalue weighted by molar-refractivity contribution is 6.30. The lowest BCUT2D eigenvalue weighted by Crippen LogP contribution is -2.38. The summed E-state index contributed by atoms with van der Waals surface area (Å²) < 4.78 is 5.53. The van der Waals surface area contributed by atoms with Crippen LogP contribution < -0.4 is 10.1 Å². The van der Waals surface area contributed by atoms with Crippen LogP contribution in [0.25, 0.3) is 0 Å². The monoisotopic (exact) mass is 328 g/mol. The number of amides is 2. The second-order valence-electron chi connectivity index (χ2n) is 4.81. The molecule has 0 aliphatic heterocycles. The minimum absolute atomic E-state index is 0.0530. The summed E-state index contributed by atoms with van der Waals surface area (Å²) in [6.45, 7) is 1.39. The Morgan fingerprint density at radius 3 is 2.82 bits per heavy atom. The lowest BCUT2D eigenvalue weighted by atomic mass is 10.3. The highest BCUT2D eigenvalue weighted by atomic mass is 35.5. The predicted octanol–water partition coefficient (Wildman–Crippen LogP) is 2.62. The number of aliphatic carboxylic acids is 1. The van der Waals surface area contributed by atoms with Gasteiger partial charge in [0.2, 0.25) is 0 Å². The van der Waals surface area contributed by atoms with E-state index in [4.69, 9.17) is 21.4 Å². The van der Waals surface area contributed by atoms with Gasteiger partial charge in [0.15, 0.2) is 0 Å². The molecule has 22 heavy (non-hydrogen) atoms. The SMILES string of the molecule is CN(CCCOc1cccc(Cl)c1)C(=O)NCCCC(=O)O. The molecule has 0 fully saturated rings. The molecule has 6 nitrogen and oxygen atoms in total. The Balaban J connectivity index is 2.13. The molecule has 0 aromatic heterocycles. The summed E-state index contributed by atoms with van der Waals surface area (Å²) in [6, 6.07) is 6.93. The molecule has 122 valence electrons. The van der Waals surface area contributed by atoms with Gasteiger partial charge in [-0.05, 0) is 31.0 Å². The highest BCUT2D eigenvalue weighted by Gasteiger charge is 2.07. The standard InChI is InChI=1S/C15H21ClN2O4/c1-18(15(21)17-8-3-7-14(19)20)9-4-10-22-13-6-2-5-12(16)11-13/h2,5-6,11H,3-4,7-10H2,1H3,(H,17,21)(H,19,20). The number of hydrogen-bond donors (Lipinski definition) is 2. The fraction of sp³-hybridized carbons (Fsp3) is 0.467. The van der Waals surface area contributed by atoms with Gasteiger partial charge in [0.1, 0.15) is 5.75 Å². The second-order valence-corrected chi connectivity index (χ2v) is 5.25. The number of nitrogens with one attached hydrogen (secondary N) is 1. The summed E-state index contributed by atoms with van der Waals surface area (Å²) in [4.78, 5) is 23.6. The first-order chi connectivity index (χ1) is 10.5. The fourth-order valence-electron chi connectivity index (χ4n) is 1.72. The third-order valence-electron chi connectivity index (χ3n) is 2.89. The third kappa shape index (κ3) is 7.73. The molecular weight excluding hydrogens is 308 g/mol. The zero-order valence-corrected chi connectivity index (χ0v) is 13.3. The average molecular weight is 329 g/mol. The van der Waals surface area contributed by atoms with Crippen molar-refractivity contribution < 1.29 is 19.4 Å². The quantitative estimate of drug-likeness (QED) is 0.683. The van der Waals surface area contributed by atoms with E-state index >= 15 is 0 Å². The van der Waals surface area contributed by atoms with Crippen molar-refractivity contribution in [1.29, 1.82) is 0 Å². The average Bonchev–Trinajstić information content (AvgIpc) is 2.47. The fourth-order valence-corrected chi connectivity index (χ4v) is 1.90. The molecule has 0 unspecified atom stereocenters. The number of hydrogen-bond acceptors (Lipinski definition) is 3. The van der Waals surface area contributed by atoms with Crippen LogP contribution in [0.15, 0.2) is 24.3 Å². The van der Waals surface area contributed by atoms with Crippen LogP contribution in [0, 0.1) is 0 Å². The first-order valence-corrected chi connectivity index (χ1v) is 7.46. The number of ether oxygens (including phenoxy) is 1. The van der Waals surface area contributed by atoms with Crippen LogP contribution in [0.5, 0.6) is 5.75 Å². The molecule has 1 rings (SSSR count). The lowest BCUT2D eigenvalue weighted by molar-refractivity contribution is -0.137. The Morgan fingerprint density at radius 2 is 2.14 bits per heavy atom. The number of benzene rings is 1. The zero-order chi connectivity index (χ0) is 16.4. The van der Waals surface area contributed by atoms with Gasteiger partial charge in [-0.1, -0.05) is 17.7 Å². The van der Waals surface area contributed by atoms with Crippen LogP contribution in [0.4, 0.5) is 4.79 Å². The Kier molecular flexibility index (Phi) is 8.14. The Hall–Kier alpha value is -1.95. The van der Waals surface area contributed by atoms with Gasteiger partial charge in [-0.25, -0.2) is 4.79 Å². The van der Waals surface area contributed by atoms with Crippen molar-refractivity contribution in [1.82, 2.24) is 10.2 Å². The molecule has 0 saturated heterocycles. The summed E-state index contributed by atoms with van der Waals surface area (Å²) in [6.07, 6.45) is 1.16. The van der Waals surface area contributed by atoms with Crippen LogP contribution in [-0.4, -0.2) is 48.8 Å². The normalized spacial score (nSPS) is 10.1. The summed E-state index contributed by atoms with van der Waals surface area (Å²) >= 11 is 5.85. The van der Waals surface area contributed by atoms with Crippen LogP contribution in [0.3, 0.4) is 0 Å². The minimum Gasteiger partial charge on any atom is -0.493 e. The van der Waals surface area contributed by atoms with E-state index in [-0.39, 0.29) is 12.5 Å². The molecule has 0 aliphatic rings. The van der Waals surface area contributed by atoms with Gasteiger partial charge in [0, 0.05) is 31.6 Å². The molecule has 0 heterocycles. The predicted molar refractivity (Wildman–Crippen MR) is 84.5 cm³/mol. The molecule has 0 radical (unpaired) electrons. The van der Waals surface area contributed by atoms with E-state index in [0.717, 1.165) is 0 Å². The van der Waals surface area contributed by atoms with Crippen molar-refractivity contribution >= 4 is 23.6 Å². The van der Waals surface area contributed by atoms with E-state index in [9.17, 15) is 9.59 Å². The topological polar surface area (TPSA) is 78.9 Å². The van der Waals surface area contributed by atoms with E-state index in [2.05, 4.69) is 5.32 Å². The number of urea groups is 1. The van der Waals surface area contributed by atoms with Crippen LogP contribution in [-0.2, 0) is 4.79 Å². The van der Waals surface area contributed by atoms with E-state index in [0.29, 0.717) is 43.3 Å². The molecule has 0 atom stereocenters. The zero-order valence-electron chi connectivity index (χ0n) is 12.5. The van der Waals surface area contributed by atoms with Gasteiger partial charge in [0.05, 0.1) is 6.61 Å². The van der Waals surface area contributed by atoms with Crippen molar-refractivity contribution in [2.75, 3.05) is 26.7 Å². The van der Waals surface area contributed by atoms with Crippen molar-refractivity contribution in [3.05, 3.63) is 29.3 Å². The lowest BCUT2D eigenvalue weighted by Gasteiger charge is -2.18. The molecule has 0 saturated carbocycles. The first-order valence-electron chi connectivity index (χ1n) is 7.08. The maximum atomic E-state index is 11.7. The van der Waals surface area contributed by atoms with Crippen molar-refractivity contribution in [3.63, 3.8) is 0 Å². The Morgan fingerprint density at radius 1 is 1.36 bits per heavy atom. The summed E-state index contributed by atoms with van der Waals surface area (Å²) in [5.74, 6) is -0.158. The number of rotatable bonds is 9. The summed E-state index contributed by atoms with van der Waals surface area (Å²) in [5, 5.41) is 11.8. The summed E-state index contributed by atoms with van der Waals surface area (Å²) in [5.41, 5.74) is 0.